The average molecular weight is 246 g/mol. The number of hydrogen-bond acceptors (Lipinski definition) is 4. The Kier molecular flexibility index (Phi) is 6.32. The van der Waals surface area contributed by atoms with Gasteiger partial charge < -0.3 is 9.47 Å². The SMILES string of the molecule is CCOC(OCC)c1ccsc1SCC. The molecular weight excluding hydrogens is 228 g/mol. The number of rotatable bonds is 7. The molecule has 0 unspecified atom stereocenters. The highest BCUT2D eigenvalue weighted by molar-refractivity contribution is 8.01. The van der Waals surface area contributed by atoms with Crippen LogP contribution in [-0.4, -0.2) is 19.0 Å². The summed E-state index contributed by atoms with van der Waals surface area (Å²) in [5.74, 6) is 1.08. The van der Waals surface area contributed by atoms with Gasteiger partial charge in [-0.1, -0.05) is 6.92 Å². The van der Waals surface area contributed by atoms with E-state index in [0.29, 0.717) is 13.2 Å². The molecule has 0 N–H and O–H groups in total. The van der Waals surface area contributed by atoms with Crippen molar-refractivity contribution >= 4 is 23.1 Å². The molecule has 0 fully saturated rings. The third-order valence-corrected chi connectivity index (χ3v) is 3.97. The van der Waals surface area contributed by atoms with E-state index in [1.165, 1.54) is 9.77 Å². The van der Waals surface area contributed by atoms with Gasteiger partial charge in [-0.25, -0.2) is 0 Å². The first kappa shape index (κ1) is 13.0. The molecule has 0 aliphatic rings. The summed E-state index contributed by atoms with van der Waals surface area (Å²) in [4.78, 5) is 0. The van der Waals surface area contributed by atoms with Gasteiger partial charge in [-0.2, -0.15) is 0 Å². The summed E-state index contributed by atoms with van der Waals surface area (Å²) in [5.41, 5.74) is 1.18. The molecule has 1 rings (SSSR count). The molecule has 0 aliphatic carbocycles. The molecule has 15 heavy (non-hydrogen) atoms. The summed E-state index contributed by atoms with van der Waals surface area (Å²) in [5, 5.41) is 2.10. The maximum atomic E-state index is 5.58. The Bertz CT molecular complexity index is 267. The molecule has 0 bridgehead atoms. The first-order valence-electron chi connectivity index (χ1n) is 5.26. The van der Waals surface area contributed by atoms with Crippen molar-refractivity contribution in [3.8, 4) is 0 Å². The average Bonchev–Trinajstić information content (AvgIpc) is 2.66. The Morgan fingerprint density at radius 1 is 1.27 bits per heavy atom. The van der Waals surface area contributed by atoms with E-state index >= 15 is 0 Å². The van der Waals surface area contributed by atoms with E-state index in [9.17, 15) is 0 Å². The second-order valence-electron chi connectivity index (χ2n) is 2.84. The molecule has 0 amide bonds. The zero-order valence-electron chi connectivity index (χ0n) is 9.49. The monoisotopic (exact) mass is 246 g/mol. The van der Waals surface area contributed by atoms with Crippen molar-refractivity contribution in [2.75, 3.05) is 19.0 Å². The topological polar surface area (TPSA) is 18.5 Å². The summed E-state index contributed by atoms with van der Waals surface area (Å²) in [6, 6.07) is 2.10. The number of ether oxygens (including phenoxy) is 2. The second kappa shape index (κ2) is 7.28. The zero-order valence-corrected chi connectivity index (χ0v) is 11.1. The molecule has 0 saturated heterocycles. The van der Waals surface area contributed by atoms with E-state index in [1.54, 1.807) is 11.3 Å². The minimum atomic E-state index is -0.194. The predicted octanol–water partition coefficient (Wildman–Crippen LogP) is 3.93. The van der Waals surface area contributed by atoms with Gasteiger partial charge in [0, 0.05) is 18.8 Å². The third-order valence-electron chi connectivity index (χ3n) is 1.82. The molecule has 86 valence electrons. The van der Waals surface area contributed by atoms with E-state index in [2.05, 4.69) is 18.4 Å². The lowest BCUT2D eigenvalue weighted by atomic mass is 10.3. The van der Waals surface area contributed by atoms with Crippen molar-refractivity contribution in [3.05, 3.63) is 17.0 Å². The van der Waals surface area contributed by atoms with Crippen LogP contribution in [0.5, 0.6) is 0 Å². The van der Waals surface area contributed by atoms with Crippen LogP contribution < -0.4 is 0 Å². The number of hydrogen-bond donors (Lipinski definition) is 0. The van der Waals surface area contributed by atoms with E-state index in [4.69, 9.17) is 9.47 Å². The summed E-state index contributed by atoms with van der Waals surface area (Å²) < 4.78 is 12.5. The van der Waals surface area contributed by atoms with Gasteiger partial charge in [-0.15, -0.1) is 23.1 Å². The van der Waals surface area contributed by atoms with Gasteiger partial charge in [-0.05, 0) is 31.0 Å². The van der Waals surface area contributed by atoms with Crippen LogP contribution in [0.3, 0.4) is 0 Å². The quantitative estimate of drug-likeness (QED) is 0.536. The number of thiophene rings is 1. The summed E-state index contributed by atoms with van der Waals surface area (Å²) in [7, 11) is 0. The van der Waals surface area contributed by atoms with Crippen LogP contribution in [-0.2, 0) is 9.47 Å². The Balaban J connectivity index is 2.74. The lowest BCUT2D eigenvalue weighted by Crippen LogP contribution is -2.08. The minimum Gasteiger partial charge on any atom is -0.349 e. The molecule has 0 radical (unpaired) electrons. The highest BCUT2D eigenvalue weighted by atomic mass is 32.2. The second-order valence-corrected chi connectivity index (χ2v) is 5.29. The largest absolute Gasteiger partial charge is 0.349 e. The molecule has 1 aromatic heterocycles. The van der Waals surface area contributed by atoms with Crippen molar-refractivity contribution in [3.63, 3.8) is 0 Å². The van der Waals surface area contributed by atoms with Gasteiger partial charge in [0.25, 0.3) is 0 Å². The molecule has 0 saturated carbocycles. The summed E-state index contributed by atoms with van der Waals surface area (Å²) in [6.45, 7) is 7.49. The molecule has 0 aromatic carbocycles. The Labute approximate surface area is 100.0 Å². The van der Waals surface area contributed by atoms with Crippen LogP contribution in [0.1, 0.15) is 32.6 Å². The van der Waals surface area contributed by atoms with E-state index < -0.39 is 0 Å². The number of thioether (sulfide) groups is 1. The molecule has 1 heterocycles. The Morgan fingerprint density at radius 2 is 1.93 bits per heavy atom. The van der Waals surface area contributed by atoms with Crippen LogP contribution in [0.2, 0.25) is 0 Å². The van der Waals surface area contributed by atoms with Gasteiger partial charge in [0.1, 0.15) is 0 Å². The van der Waals surface area contributed by atoms with E-state index in [1.807, 2.05) is 25.6 Å². The minimum absolute atomic E-state index is 0.194. The lowest BCUT2D eigenvalue weighted by molar-refractivity contribution is -0.141. The first-order chi connectivity index (χ1) is 7.33. The van der Waals surface area contributed by atoms with Gasteiger partial charge in [0.15, 0.2) is 6.29 Å². The third kappa shape index (κ3) is 3.79. The van der Waals surface area contributed by atoms with Crippen LogP contribution in [0.15, 0.2) is 15.7 Å². The fraction of sp³-hybridized carbons (Fsp3) is 0.636. The molecule has 0 atom stereocenters. The van der Waals surface area contributed by atoms with Crippen molar-refractivity contribution in [2.24, 2.45) is 0 Å². The lowest BCUT2D eigenvalue weighted by Gasteiger charge is -2.17. The van der Waals surface area contributed by atoms with Crippen LogP contribution in [0.25, 0.3) is 0 Å². The molecule has 2 nitrogen and oxygen atoms in total. The van der Waals surface area contributed by atoms with Crippen molar-refractivity contribution in [2.45, 2.75) is 31.3 Å². The normalized spacial score (nSPS) is 11.2. The summed E-state index contributed by atoms with van der Waals surface area (Å²) in [6.07, 6.45) is -0.194. The fourth-order valence-electron chi connectivity index (χ4n) is 1.26. The van der Waals surface area contributed by atoms with Crippen LogP contribution in [0, 0.1) is 0 Å². The Hall–Kier alpha value is -0.0300. The maximum absolute atomic E-state index is 5.58. The van der Waals surface area contributed by atoms with Gasteiger partial charge in [-0.3, -0.25) is 0 Å². The predicted molar refractivity (Wildman–Crippen MR) is 66.7 cm³/mol. The smallest absolute Gasteiger partial charge is 0.185 e. The Morgan fingerprint density at radius 3 is 2.47 bits per heavy atom. The van der Waals surface area contributed by atoms with Crippen LogP contribution >= 0.6 is 23.1 Å². The van der Waals surface area contributed by atoms with Gasteiger partial charge >= 0.3 is 0 Å². The van der Waals surface area contributed by atoms with Crippen molar-refractivity contribution < 1.29 is 9.47 Å². The molecular formula is C11H18O2S2. The fourth-order valence-corrected chi connectivity index (χ4v) is 3.28. The highest BCUT2D eigenvalue weighted by Crippen LogP contribution is 2.34. The van der Waals surface area contributed by atoms with Gasteiger partial charge in [0.05, 0.1) is 4.21 Å². The van der Waals surface area contributed by atoms with Crippen LogP contribution in [0.4, 0.5) is 0 Å². The highest BCUT2D eigenvalue weighted by Gasteiger charge is 2.16. The van der Waals surface area contributed by atoms with Crippen molar-refractivity contribution in [1.29, 1.82) is 0 Å². The first-order valence-corrected chi connectivity index (χ1v) is 7.13. The van der Waals surface area contributed by atoms with E-state index in [-0.39, 0.29) is 6.29 Å². The summed E-state index contributed by atoms with van der Waals surface area (Å²) >= 11 is 3.60. The molecule has 0 aliphatic heterocycles. The zero-order chi connectivity index (χ0) is 11.1. The van der Waals surface area contributed by atoms with E-state index in [0.717, 1.165) is 5.75 Å². The van der Waals surface area contributed by atoms with Crippen molar-refractivity contribution in [1.82, 2.24) is 0 Å². The molecule has 4 heteroatoms. The van der Waals surface area contributed by atoms with Gasteiger partial charge in [0.2, 0.25) is 0 Å². The molecule has 0 spiro atoms. The standard InChI is InChI=1S/C11H18O2S2/c1-4-12-10(13-5-2)9-7-8-15-11(9)14-6-3/h7-8,10H,4-6H2,1-3H3. The molecule has 1 aromatic rings. The maximum Gasteiger partial charge on any atom is 0.185 e.